The minimum atomic E-state index is -0.562. The van der Waals surface area contributed by atoms with E-state index in [0.29, 0.717) is 13.0 Å². The first-order chi connectivity index (χ1) is 11.1. The molecule has 130 valence electrons. The average Bonchev–Trinajstić information content (AvgIpc) is 2.55. The van der Waals surface area contributed by atoms with Gasteiger partial charge >= 0.3 is 0 Å². The zero-order valence-electron chi connectivity index (χ0n) is 13.4. The van der Waals surface area contributed by atoms with Crippen LogP contribution in [0.25, 0.3) is 0 Å². The molecule has 1 unspecified atom stereocenters. The third-order valence-corrected chi connectivity index (χ3v) is 4.02. The number of halogens is 2. The summed E-state index contributed by atoms with van der Waals surface area (Å²) in [7, 11) is 0. The van der Waals surface area contributed by atoms with Gasteiger partial charge in [0.2, 0.25) is 5.91 Å². The first-order valence-electron chi connectivity index (χ1n) is 7.54. The van der Waals surface area contributed by atoms with Crippen molar-refractivity contribution in [2.75, 3.05) is 6.54 Å². The molecule has 24 heavy (non-hydrogen) atoms. The molecule has 1 amide bonds. The summed E-state index contributed by atoms with van der Waals surface area (Å²) in [5, 5.41) is 2.84. The lowest BCUT2D eigenvalue weighted by Crippen LogP contribution is -2.45. The number of nitrogens with two attached hydrogens (primary N) is 1. The Bertz CT molecular complexity index is 640. The van der Waals surface area contributed by atoms with Crippen LogP contribution in [0.5, 0.6) is 5.75 Å². The van der Waals surface area contributed by atoms with Crippen molar-refractivity contribution < 1.29 is 9.53 Å². The van der Waals surface area contributed by atoms with Crippen molar-refractivity contribution in [2.24, 2.45) is 5.73 Å². The number of benzene rings is 2. The van der Waals surface area contributed by atoms with Crippen molar-refractivity contribution in [1.82, 2.24) is 5.32 Å². The fourth-order valence-corrected chi connectivity index (χ4v) is 2.51. The van der Waals surface area contributed by atoms with E-state index < -0.39 is 6.04 Å². The molecule has 0 aliphatic carbocycles. The van der Waals surface area contributed by atoms with Crippen LogP contribution in [0.3, 0.4) is 0 Å². The summed E-state index contributed by atoms with van der Waals surface area (Å²) in [6.07, 6.45) is 0.369. The number of amides is 1. The molecule has 0 aliphatic heterocycles. The van der Waals surface area contributed by atoms with E-state index >= 15 is 0 Å². The first kappa shape index (κ1) is 20.5. The zero-order valence-corrected chi connectivity index (χ0v) is 15.8. The summed E-state index contributed by atoms with van der Waals surface area (Å²) >= 11 is 3.43. The predicted octanol–water partition coefficient (Wildman–Crippen LogP) is 3.32. The van der Waals surface area contributed by atoms with Crippen LogP contribution in [0, 0.1) is 0 Å². The van der Waals surface area contributed by atoms with Crippen molar-refractivity contribution in [1.29, 1.82) is 0 Å². The van der Waals surface area contributed by atoms with E-state index in [1.165, 1.54) is 0 Å². The Labute approximate surface area is 157 Å². The van der Waals surface area contributed by atoms with E-state index in [4.69, 9.17) is 10.5 Å². The van der Waals surface area contributed by atoms with Gasteiger partial charge in [-0.2, -0.15) is 0 Å². The Balaban J connectivity index is 0.00000288. The molecule has 0 radical (unpaired) electrons. The molecule has 3 N–H and O–H groups in total. The lowest BCUT2D eigenvalue weighted by atomic mass is 10.1. The Morgan fingerprint density at radius 3 is 2.46 bits per heavy atom. The molecule has 6 heteroatoms. The normalized spacial score (nSPS) is 12.6. The molecule has 0 aliphatic rings. The second-order valence-corrected chi connectivity index (χ2v) is 6.25. The number of carbonyl (C=O) groups is 1. The number of nitrogens with one attached hydrogen (secondary N) is 1. The van der Waals surface area contributed by atoms with Gasteiger partial charge in [-0.3, -0.25) is 4.79 Å². The van der Waals surface area contributed by atoms with Gasteiger partial charge in [-0.25, -0.2) is 0 Å². The number of hydrogen-bond acceptors (Lipinski definition) is 3. The van der Waals surface area contributed by atoms with Crippen LogP contribution in [-0.4, -0.2) is 24.6 Å². The molecule has 2 atom stereocenters. The van der Waals surface area contributed by atoms with Gasteiger partial charge < -0.3 is 15.8 Å². The lowest BCUT2D eigenvalue weighted by Gasteiger charge is -2.18. The van der Waals surface area contributed by atoms with Gasteiger partial charge in [0.15, 0.2) is 0 Å². The Morgan fingerprint density at radius 2 is 1.79 bits per heavy atom. The molecule has 2 aromatic rings. The highest BCUT2D eigenvalue weighted by atomic mass is 79.9. The van der Waals surface area contributed by atoms with Crippen molar-refractivity contribution in [3.8, 4) is 5.75 Å². The van der Waals surface area contributed by atoms with E-state index in [1.54, 1.807) is 0 Å². The molecule has 0 aromatic heterocycles. The van der Waals surface area contributed by atoms with Crippen LogP contribution in [0.4, 0.5) is 0 Å². The van der Waals surface area contributed by atoms with E-state index in [-0.39, 0.29) is 24.4 Å². The van der Waals surface area contributed by atoms with Crippen LogP contribution >= 0.6 is 28.3 Å². The standard InChI is InChI=1S/C18H21BrN2O2.ClH/c1-13(23-17-10-6-5-9-15(17)19)12-21-18(22)16(20)11-14-7-3-2-4-8-14;/h2-10,13,16H,11-12,20H2,1H3,(H,21,22);1H/t13?,16-;/m0./s1. The minimum absolute atomic E-state index is 0. The molecule has 0 heterocycles. The van der Waals surface area contributed by atoms with E-state index in [2.05, 4.69) is 21.2 Å². The molecule has 4 nitrogen and oxygen atoms in total. The molecular weight excluding hydrogens is 392 g/mol. The number of carbonyl (C=O) groups excluding carboxylic acids is 1. The van der Waals surface area contributed by atoms with Crippen LogP contribution in [0.1, 0.15) is 12.5 Å². The van der Waals surface area contributed by atoms with E-state index in [9.17, 15) is 4.79 Å². The van der Waals surface area contributed by atoms with Crippen molar-refractivity contribution >= 4 is 34.2 Å². The van der Waals surface area contributed by atoms with Crippen LogP contribution < -0.4 is 15.8 Å². The number of ether oxygens (including phenoxy) is 1. The largest absolute Gasteiger partial charge is 0.488 e. The summed E-state index contributed by atoms with van der Waals surface area (Å²) in [6, 6.07) is 16.8. The Kier molecular flexibility index (Phi) is 8.82. The molecule has 0 saturated heterocycles. The number of rotatable bonds is 7. The third-order valence-electron chi connectivity index (χ3n) is 3.36. The summed E-state index contributed by atoms with van der Waals surface area (Å²) in [4.78, 5) is 12.1. The quantitative estimate of drug-likeness (QED) is 0.732. The lowest BCUT2D eigenvalue weighted by molar-refractivity contribution is -0.122. The van der Waals surface area contributed by atoms with Gasteiger partial charge in [0.25, 0.3) is 0 Å². The molecule has 0 saturated carbocycles. The predicted molar refractivity (Wildman–Crippen MR) is 103 cm³/mol. The summed E-state index contributed by atoms with van der Waals surface area (Å²) < 4.78 is 6.68. The van der Waals surface area contributed by atoms with Crippen molar-refractivity contribution in [3.63, 3.8) is 0 Å². The van der Waals surface area contributed by atoms with Gasteiger partial charge in [0.1, 0.15) is 11.9 Å². The van der Waals surface area contributed by atoms with Gasteiger partial charge in [0.05, 0.1) is 17.1 Å². The SMILES string of the molecule is CC(CNC(=O)[C@@H](N)Cc1ccccc1)Oc1ccccc1Br.Cl. The maximum absolute atomic E-state index is 12.1. The van der Waals surface area contributed by atoms with Crippen molar-refractivity contribution in [3.05, 3.63) is 64.6 Å². The molecule has 0 spiro atoms. The topological polar surface area (TPSA) is 64.4 Å². The van der Waals surface area contributed by atoms with Crippen molar-refractivity contribution in [2.45, 2.75) is 25.5 Å². The maximum Gasteiger partial charge on any atom is 0.237 e. The molecule has 2 rings (SSSR count). The summed E-state index contributed by atoms with van der Waals surface area (Å²) in [5.74, 6) is 0.583. The first-order valence-corrected chi connectivity index (χ1v) is 8.34. The molecule has 0 fully saturated rings. The highest BCUT2D eigenvalue weighted by molar-refractivity contribution is 9.10. The molecule has 2 aromatic carbocycles. The van der Waals surface area contributed by atoms with Crippen LogP contribution in [0.15, 0.2) is 59.1 Å². The van der Waals surface area contributed by atoms with Gasteiger partial charge in [-0.05, 0) is 47.0 Å². The average molecular weight is 414 g/mol. The van der Waals surface area contributed by atoms with Gasteiger partial charge in [-0.1, -0.05) is 42.5 Å². The van der Waals surface area contributed by atoms with Crippen LogP contribution in [0.2, 0.25) is 0 Å². The van der Waals surface area contributed by atoms with Gasteiger partial charge in [-0.15, -0.1) is 12.4 Å². The monoisotopic (exact) mass is 412 g/mol. The van der Waals surface area contributed by atoms with E-state index in [0.717, 1.165) is 15.8 Å². The summed E-state index contributed by atoms with van der Waals surface area (Å²) in [6.45, 7) is 2.31. The second kappa shape index (κ2) is 10.3. The minimum Gasteiger partial charge on any atom is -0.488 e. The van der Waals surface area contributed by atoms with E-state index in [1.807, 2.05) is 61.5 Å². The summed E-state index contributed by atoms with van der Waals surface area (Å²) in [5.41, 5.74) is 7.00. The number of hydrogen-bond donors (Lipinski definition) is 2. The third kappa shape index (κ3) is 6.51. The van der Waals surface area contributed by atoms with Crippen LogP contribution in [-0.2, 0) is 11.2 Å². The Hall–Kier alpha value is -1.56. The van der Waals surface area contributed by atoms with Gasteiger partial charge in [0, 0.05) is 0 Å². The number of para-hydroxylation sites is 1. The second-order valence-electron chi connectivity index (χ2n) is 5.40. The Morgan fingerprint density at radius 1 is 1.17 bits per heavy atom. The fourth-order valence-electron chi connectivity index (χ4n) is 2.13. The highest BCUT2D eigenvalue weighted by Crippen LogP contribution is 2.24. The highest BCUT2D eigenvalue weighted by Gasteiger charge is 2.15. The molecule has 0 bridgehead atoms. The fraction of sp³-hybridized carbons (Fsp3) is 0.278. The molecular formula is C18H22BrClN2O2. The maximum atomic E-state index is 12.1. The smallest absolute Gasteiger partial charge is 0.237 e. The zero-order chi connectivity index (χ0) is 16.7.